The fraction of sp³-hybridized carbons (Fsp3) is 0.375. The Labute approximate surface area is 273 Å². The number of anilines is 3. The predicted octanol–water partition coefficient (Wildman–Crippen LogP) is 4.73. The van der Waals surface area contributed by atoms with Crippen molar-refractivity contribution in [2.45, 2.75) is 59.7 Å². The molecular formula is C32H45N13O2. The number of imidazole rings is 2. The fourth-order valence-corrected chi connectivity index (χ4v) is 4.17. The van der Waals surface area contributed by atoms with Crippen LogP contribution < -0.4 is 27.2 Å². The highest BCUT2D eigenvalue weighted by Crippen LogP contribution is 2.20. The largest absolute Gasteiger partial charge is 0.366 e. The molecule has 0 radical (unpaired) electrons. The van der Waals surface area contributed by atoms with Gasteiger partial charge in [0.2, 0.25) is 5.95 Å². The molecule has 5 aromatic rings. The Hall–Kier alpha value is -5.60. The first-order valence-corrected chi connectivity index (χ1v) is 15.3. The Morgan fingerprint density at radius 3 is 1.89 bits per heavy atom. The summed E-state index contributed by atoms with van der Waals surface area (Å²) < 4.78 is 5.47. The molecule has 0 aliphatic rings. The van der Waals surface area contributed by atoms with Gasteiger partial charge in [0.1, 0.15) is 17.7 Å². The summed E-state index contributed by atoms with van der Waals surface area (Å²) in [5.41, 5.74) is 2.16. The second-order valence-electron chi connectivity index (χ2n) is 11.1. The Bertz CT molecular complexity index is 1900. The molecule has 47 heavy (non-hydrogen) atoms. The molecule has 0 spiro atoms. The summed E-state index contributed by atoms with van der Waals surface area (Å²) in [6, 6.07) is 2.47. The summed E-state index contributed by atoms with van der Waals surface area (Å²) >= 11 is 0. The number of hydrogen-bond acceptors (Lipinski definition) is 11. The number of aromatic amines is 1. The molecule has 15 heteroatoms. The van der Waals surface area contributed by atoms with E-state index in [1.54, 1.807) is 54.0 Å². The van der Waals surface area contributed by atoms with E-state index in [-0.39, 0.29) is 23.3 Å². The van der Waals surface area contributed by atoms with Crippen molar-refractivity contribution in [3.63, 3.8) is 0 Å². The molecule has 0 unspecified atom stereocenters. The maximum absolute atomic E-state index is 11.8. The van der Waals surface area contributed by atoms with Crippen molar-refractivity contribution in [3.8, 4) is 0 Å². The van der Waals surface area contributed by atoms with Crippen LogP contribution in [-0.2, 0) is 0 Å². The molecule has 0 atom stereocenters. The SMILES string of the molecule is C=CCNc1ccn(C(C)C)c(=O)n1.C=CCNc1nc2c(ncn2C(C)C)c(=O)[nH]1.C=CCNc1ncnc2c1ncn2C(C)C. The second-order valence-corrected chi connectivity index (χ2v) is 11.1. The van der Waals surface area contributed by atoms with Crippen molar-refractivity contribution in [3.05, 3.63) is 90.0 Å². The van der Waals surface area contributed by atoms with Gasteiger partial charge in [0, 0.05) is 44.0 Å². The molecule has 0 saturated heterocycles. The lowest BCUT2D eigenvalue weighted by Gasteiger charge is -2.09. The molecule has 15 nitrogen and oxygen atoms in total. The summed E-state index contributed by atoms with van der Waals surface area (Å²) in [6.07, 6.45) is 11.9. The summed E-state index contributed by atoms with van der Waals surface area (Å²) in [7, 11) is 0. The number of hydrogen-bond donors (Lipinski definition) is 4. The zero-order valence-corrected chi connectivity index (χ0v) is 27.9. The normalized spacial score (nSPS) is 10.7. The zero-order chi connectivity index (χ0) is 34.5. The Morgan fingerprint density at radius 1 is 0.723 bits per heavy atom. The fourth-order valence-electron chi connectivity index (χ4n) is 4.17. The van der Waals surface area contributed by atoms with Gasteiger partial charge in [-0.1, -0.05) is 18.2 Å². The minimum absolute atomic E-state index is 0.142. The molecule has 0 fully saturated rings. The highest BCUT2D eigenvalue weighted by molar-refractivity contribution is 5.82. The maximum atomic E-state index is 11.8. The van der Waals surface area contributed by atoms with Crippen molar-refractivity contribution >= 4 is 39.9 Å². The smallest absolute Gasteiger partial charge is 0.349 e. The molecule has 4 N–H and O–H groups in total. The summed E-state index contributed by atoms with van der Waals surface area (Å²) in [5.74, 6) is 1.78. The lowest BCUT2D eigenvalue weighted by atomic mass is 10.4. The monoisotopic (exact) mass is 643 g/mol. The van der Waals surface area contributed by atoms with Gasteiger partial charge in [-0.25, -0.2) is 24.7 Å². The third kappa shape index (κ3) is 9.45. The van der Waals surface area contributed by atoms with Gasteiger partial charge in [-0.2, -0.15) is 9.97 Å². The van der Waals surface area contributed by atoms with E-state index < -0.39 is 0 Å². The van der Waals surface area contributed by atoms with Crippen LogP contribution >= 0.6 is 0 Å². The van der Waals surface area contributed by atoms with Gasteiger partial charge in [0.15, 0.2) is 22.6 Å². The Kier molecular flexibility index (Phi) is 13.1. The van der Waals surface area contributed by atoms with Gasteiger partial charge in [-0.3, -0.25) is 14.3 Å². The van der Waals surface area contributed by atoms with Crippen LogP contribution in [0.25, 0.3) is 22.3 Å². The van der Waals surface area contributed by atoms with Gasteiger partial charge in [0.05, 0.1) is 12.7 Å². The van der Waals surface area contributed by atoms with Crippen molar-refractivity contribution < 1.29 is 0 Å². The second kappa shape index (κ2) is 17.2. The molecule has 0 amide bonds. The number of rotatable bonds is 12. The lowest BCUT2D eigenvalue weighted by molar-refractivity contribution is 0.564. The molecular weight excluding hydrogens is 598 g/mol. The average Bonchev–Trinajstić information content (AvgIpc) is 3.68. The molecule has 0 aliphatic heterocycles. The highest BCUT2D eigenvalue weighted by Gasteiger charge is 2.12. The zero-order valence-electron chi connectivity index (χ0n) is 27.9. The Balaban J connectivity index is 0.000000193. The molecule has 0 aromatic carbocycles. The molecule has 0 aliphatic carbocycles. The maximum Gasteiger partial charge on any atom is 0.349 e. The van der Waals surface area contributed by atoms with Gasteiger partial charge in [-0.05, 0) is 47.6 Å². The molecule has 0 bridgehead atoms. The number of nitrogens with one attached hydrogen (secondary N) is 4. The van der Waals surface area contributed by atoms with E-state index >= 15 is 0 Å². The first-order valence-electron chi connectivity index (χ1n) is 15.3. The number of aromatic nitrogens is 10. The summed E-state index contributed by atoms with van der Waals surface area (Å²) in [4.78, 5) is 50.9. The first kappa shape index (κ1) is 35.9. The molecule has 5 rings (SSSR count). The van der Waals surface area contributed by atoms with Crippen molar-refractivity contribution in [1.29, 1.82) is 0 Å². The predicted molar refractivity (Wildman–Crippen MR) is 189 cm³/mol. The van der Waals surface area contributed by atoms with Crippen LogP contribution in [0.2, 0.25) is 0 Å². The quantitative estimate of drug-likeness (QED) is 0.138. The third-order valence-corrected chi connectivity index (χ3v) is 6.55. The van der Waals surface area contributed by atoms with E-state index in [4.69, 9.17) is 0 Å². The van der Waals surface area contributed by atoms with E-state index in [9.17, 15) is 9.59 Å². The molecule has 250 valence electrons. The van der Waals surface area contributed by atoms with Crippen LogP contribution in [0.4, 0.5) is 17.6 Å². The van der Waals surface area contributed by atoms with Crippen LogP contribution in [-0.4, -0.2) is 68.2 Å². The summed E-state index contributed by atoms with van der Waals surface area (Å²) in [5, 5.41) is 9.06. The van der Waals surface area contributed by atoms with Gasteiger partial charge in [-0.15, -0.1) is 19.7 Å². The Morgan fingerprint density at radius 2 is 1.30 bits per heavy atom. The average molecular weight is 644 g/mol. The van der Waals surface area contributed by atoms with Crippen LogP contribution in [0.1, 0.15) is 59.7 Å². The van der Waals surface area contributed by atoms with Gasteiger partial charge >= 0.3 is 5.69 Å². The van der Waals surface area contributed by atoms with Gasteiger partial charge < -0.3 is 25.1 Å². The summed E-state index contributed by atoms with van der Waals surface area (Å²) in [6.45, 7) is 24.8. The van der Waals surface area contributed by atoms with Gasteiger partial charge in [0.25, 0.3) is 5.56 Å². The van der Waals surface area contributed by atoms with Crippen molar-refractivity contribution in [1.82, 2.24) is 48.6 Å². The highest BCUT2D eigenvalue weighted by atomic mass is 16.1. The molecule has 5 aromatic heterocycles. The van der Waals surface area contributed by atoms with Crippen LogP contribution in [0.3, 0.4) is 0 Å². The standard InChI is InChI=1S/C11H15N5O.C11H15N5.C10H15N3O/c1-4-5-12-11-14-9-8(10(17)15-11)13-6-16(9)7(2)3;1-4-5-12-10-9-11(14-6-13-10)16(7-15-9)8(2)3;1-4-6-11-9-5-7-13(8(2)3)10(14)12-9/h4,6-7H,1,5H2,2-3H3,(H2,12,14,15,17);4,6-8H,1,5H2,2-3H3,(H,12,13,14);4-5,7-8H,1,6H2,2-3H3,(H,11,12,14). The number of fused-ring (bicyclic) bond motifs is 2. The molecule has 0 saturated carbocycles. The topological polar surface area (TPSA) is 178 Å². The molecule has 5 heterocycles. The minimum Gasteiger partial charge on any atom is -0.366 e. The van der Waals surface area contributed by atoms with Crippen molar-refractivity contribution in [2.75, 3.05) is 35.6 Å². The van der Waals surface area contributed by atoms with Crippen LogP contribution in [0.15, 0.2) is 78.8 Å². The van der Waals surface area contributed by atoms with E-state index in [1.165, 1.54) is 0 Å². The van der Waals surface area contributed by atoms with Crippen LogP contribution in [0.5, 0.6) is 0 Å². The minimum atomic E-state index is -0.235. The van der Waals surface area contributed by atoms with Crippen molar-refractivity contribution in [2.24, 2.45) is 0 Å². The number of H-pyrrole nitrogens is 1. The lowest BCUT2D eigenvalue weighted by Crippen LogP contribution is -2.24. The van der Waals surface area contributed by atoms with Crippen LogP contribution in [0, 0.1) is 0 Å². The van der Waals surface area contributed by atoms with E-state index in [1.807, 2.05) is 36.8 Å². The number of nitrogens with zero attached hydrogens (tertiary/aromatic N) is 9. The first-order chi connectivity index (χ1) is 22.5. The van der Waals surface area contributed by atoms with E-state index in [0.717, 1.165) is 17.0 Å². The third-order valence-electron chi connectivity index (χ3n) is 6.55. The van der Waals surface area contributed by atoms with E-state index in [0.29, 0.717) is 48.6 Å². The van der Waals surface area contributed by atoms with E-state index in [2.05, 4.69) is 84.4 Å².